The largest absolute Gasteiger partial charge is 0.389 e. The van der Waals surface area contributed by atoms with Crippen LogP contribution >= 0.6 is 32.2 Å². The summed E-state index contributed by atoms with van der Waals surface area (Å²) in [4.78, 5) is 0. The third kappa shape index (κ3) is 48.9. The van der Waals surface area contributed by atoms with Gasteiger partial charge in [0, 0.05) is 15.5 Å². The van der Waals surface area contributed by atoms with Crippen LogP contribution in [0.5, 0.6) is 0 Å². The molecule has 1 nitrogen and oxygen atoms in total. The maximum absolute atomic E-state index is 10.9. The van der Waals surface area contributed by atoms with Gasteiger partial charge in [0.25, 0.3) is 0 Å². The first-order valence-electron chi connectivity index (χ1n) is 0.690. The van der Waals surface area contributed by atoms with E-state index < -0.39 is 5.51 Å². The van der Waals surface area contributed by atoms with Gasteiger partial charge in [-0.1, -0.05) is 0 Å². The Morgan fingerprint density at radius 1 is 2.00 bits per heavy atom. The van der Waals surface area contributed by atoms with Gasteiger partial charge in [-0.2, -0.15) is 4.20 Å². The lowest BCUT2D eigenvalue weighted by molar-refractivity contribution is 0.568. The Balaban J connectivity index is 3.47. The molecule has 0 saturated carbocycles. The van der Waals surface area contributed by atoms with Gasteiger partial charge in [-0.15, -0.1) is 0 Å². The molecule has 0 aromatic heterocycles. The van der Waals surface area contributed by atoms with Crippen LogP contribution in [0.15, 0.2) is 0 Å². The van der Waals surface area contributed by atoms with Crippen molar-refractivity contribution in [2.24, 2.45) is 0 Å². The number of hydrogen-bond acceptors (Lipinski definition) is 1. The molecule has 0 aliphatic carbocycles. The zero-order valence-electron chi connectivity index (χ0n) is 1.99. The first-order chi connectivity index (χ1) is 2.00. The molecule has 0 spiro atoms. The zero-order chi connectivity index (χ0) is 4.50. The van der Waals surface area contributed by atoms with Crippen molar-refractivity contribution >= 4 is 32.2 Å². The monoisotopic (exact) mass is 180 g/mol. The third-order valence-electron chi connectivity index (χ3n) is 0. The van der Waals surface area contributed by atoms with E-state index in [1.807, 2.05) is 15.5 Å². The second kappa shape index (κ2) is 1.59. The molecule has 0 amide bonds. The van der Waals surface area contributed by atoms with E-state index in [2.05, 4.69) is 11.2 Å². The summed E-state index contributed by atoms with van der Waals surface area (Å²) in [7, 11) is 0. The molecule has 0 bridgehead atoms. The predicted molar refractivity (Wildman–Crippen MR) is 23.5 cm³/mol. The molecule has 1 atom stereocenters. The molecule has 0 rings (SSSR count). The van der Waals surface area contributed by atoms with Crippen LogP contribution in [0, 0.1) is 0 Å². The van der Waals surface area contributed by atoms with Crippen molar-refractivity contribution in [3.8, 4) is 0 Å². The minimum Gasteiger partial charge on any atom is -0.257 e. The molecule has 5 heavy (non-hydrogen) atoms. The maximum atomic E-state index is 10.9. The summed E-state index contributed by atoms with van der Waals surface area (Å²) >= 11 is 6.36. The van der Waals surface area contributed by atoms with Gasteiger partial charge >= 0.3 is 5.51 Å². The molecule has 0 aliphatic heterocycles. The van der Waals surface area contributed by atoms with E-state index in [9.17, 15) is 8.76 Å². The molecule has 32 valence electrons. The first kappa shape index (κ1) is 5.93. The Labute approximate surface area is 41.5 Å². The topological polar surface area (TPSA) is 17.1 Å². The number of hydrogen-bond donors (Lipinski definition) is 0. The normalized spacial score (nSPS) is 21.4. The van der Waals surface area contributed by atoms with Crippen LogP contribution in [0.3, 0.4) is 0 Å². The van der Waals surface area contributed by atoms with Crippen LogP contribution in [0.2, 0.25) is 0 Å². The number of rotatable bonds is 0. The van der Waals surface area contributed by atoms with Crippen molar-refractivity contribution < 1.29 is 8.76 Å². The standard InChI is InChI=1S/BrClFOP/c1-5(2,3)4. The van der Waals surface area contributed by atoms with E-state index >= 15 is 0 Å². The van der Waals surface area contributed by atoms with Crippen molar-refractivity contribution in [3.05, 3.63) is 0 Å². The van der Waals surface area contributed by atoms with Crippen molar-refractivity contribution in [1.29, 1.82) is 0 Å². The number of halogens is 3. The average molecular weight is 181 g/mol. The highest BCUT2D eigenvalue weighted by molar-refractivity contribution is 9.42. The molecule has 0 N–H and O–H groups in total. The fourth-order valence-electron chi connectivity index (χ4n) is 0. The average Bonchev–Trinajstić information content (AvgIpc) is 0.722. The second-order valence-corrected chi connectivity index (χ2v) is 6.46. The summed E-state index contributed by atoms with van der Waals surface area (Å²) in [5, 5.41) is 0. The predicted octanol–water partition coefficient (Wildman–Crippen LogP) is 2.70. The van der Waals surface area contributed by atoms with Gasteiger partial charge in [0.15, 0.2) is 0 Å². The molecule has 5 heteroatoms. The van der Waals surface area contributed by atoms with Crippen molar-refractivity contribution in [2.45, 2.75) is 0 Å². The molecule has 0 saturated heterocycles. The summed E-state index contributed by atoms with van der Waals surface area (Å²) in [5.74, 6) is 0. The van der Waals surface area contributed by atoms with Gasteiger partial charge in [0.1, 0.15) is 0 Å². The molecule has 0 heterocycles. The quantitative estimate of drug-likeness (QED) is 0.525. The van der Waals surface area contributed by atoms with Crippen LogP contribution in [-0.4, -0.2) is 0 Å². The van der Waals surface area contributed by atoms with E-state index in [0.717, 1.165) is 0 Å². The summed E-state index contributed by atoms with van der Waals surface area (Å²) in [6.07, 6.45) is 0. The molecule has 1 unspecified atom stereocenters. The Kier molecular flexibility index (Phi) is 1.88. The third-order valence-corrected chi connectivity index (χ3v) is 0. The first-order valence-corrected chi connectivity index (χ1v) is 5.21. The van der Waals surface area contributed by atoms with Crippen LogP contribution in [0.4, 0.5) is 4.20 Å². The Hall–Kier alpha value is 0.930. The van der Waals surface area contributed by atoms with Gasteiger partial charge in [-0.3, -0.25) is 4.57 Å². The zero-order valence-corrected chi connectivity index (χ0v) is 5.23. The van der Waals surface area contributed by atoms with Crippen LogP contribution in [0.25, 0.3) is 0 Å². The van der Waals surface area contributed by atoms with Crippen molar-refractivity contribution in [3.63, 3.8) is 0 Å². The summed E-state index contributed by atoms with van der Waals surface area (Å²) in [6, 6.07) is 0. The fraction of sp³-hybridized carbons (Fsp3) is 0. The van der Waals surface area contributed by atoms with Crippen LogP contribution in [0.1, 0.15) is 0 Å². The molecule has 0 aromatic carbocycles. The summed E-state index contributed by atoms with van der Waals surface area (Å²) in [5.41, 5.74) is -3.85. The van der Waals surface area contributed by atoms with E-state index in [1.165, 1.54) is 0 Å². The highest BCUT2D eigenvalue weighted by Crippen LogP contribution is 2.60. The minimum atomic E-state index is -3.85. The maximum Gasteiger partial charge on any atom is 0.389 e. The second-order valence-electron chi connectivity index (χ2n) is 0.399. The lowest BCUT2D eigenvalue weighted by Crippen LogP contribution is -1.21. The molecule has 0 aromatic rings. The van der Waals surface area contributed by atoms with Crippen LogP contribution < -0.4 is 0 Å². The Morgan fingerprint density at radius 2 is 2.00 bits per heavy atom. The molecule has 0 radical (unpaired) electrons. The van der Waals surface area contributed by atoms with E-state index in [-0.39, 0.29) is 0 Å². The lowest BCUT2D eigenvalue weighted by Gasteiger charge is -1.73. The summed E-state index contributed by atoms with van der Waals surface area (Å²) < 4.78 is 20.2. The van der Waals surface area contributed by atoms with Crippen molar-refractivity contribution in [1.82, 2.24) is 0 Å². The van der Waals surface area contributed by atoms with Gasteiger partial charge in [-0.25, -0.2) is 0 Å². The van der Waals surface area contributed by atoms with Gasteiger partial charge in [-0.05, 0) is 11.2 Å². The van der Waals surface area contributed by atoms with E-state index in [1.54, 1.807) is 0 Å². The minimum absolute atomic E-state index is 2.03. The Bertz CT molecular complexity index is 57.8. The highest BCUT2D eigenvalue weighted by Gasteiger charge is 2.05. The molecular formula is BrClFOP. The van der Waals surface area contributed by atoms with Gasteiger partial charge in [0.05, 0.1) is 0 Å². The van der Waals surface area contributed by atoms with E-state index in [4.69, 9.17) is 0 Å². The lowest BCUT2D eigenvalue weighted by atomic mass is 16.0. The fourth-order valence-corrected chi connectivity index (χ4v) is 0. The SMILES string of the molecule is O=P(F)(Cl)Br. The van der Waals surface area contributed by atoms with Crippen molar-refractivity contribution in [2.75, 3.05) is 0 Å². The molecular weight excluding hydrogens is 181 g/mol. The van der Waals surface area contributed by atoms with Crippen LogP contribution in [-0.2, 0) is 4.57 Å². The Morgan fingerprint density at radius 3 is 2.00 bits per heavy atom. The highest BCUT2D eigenvalue weighted by atomic mass is 79.9. The van der Waals surface area contributed by atoms with E-state index in [0.29, 0.717) is 0 Å². The molecule has 0 aliphatic rings. The molecule has 0 fully saturated rings. The summed E-state index contributed by atoms with van der Waals surface area (Å²) in [6.45, 7) is 0. The van der Waals surface area contributed by atoms with Gasteiger partial charge < -0.3 is 0 Å². The van der Waals surface area contributed by atoms with Gasteiger partial charge in [0.2, 0.25) is 0 Å². The smallest absolute Gasteiger partial charge is 0.257 e.